The van der Waals surface area contributed by atoms with Crippen molar-refractivity contribution in [3.63, 3.8) is 0 Å². The first kappa shape index (κ1) is 21.8. The molecule has 1 amide bonds. The lowest BCUT2D eigenvalue weighted by molar-refractivity contribution is 0.0519. The predicted molar refractivity (Wildman–Crippen MR) is 118 cm³/mol. The van der Waals surface area contributed by atoms with Crippen LogP contribution in [0, 0.1) is 12.7 Å². The number of anilines is 1. The molecule has 0 unspecified atom stereocenters. The van der Waals surface area contributed by atoms with Gasteiger partial charge in [-0.2, -0.15) is 0 Å². The molecule has 8 heteroatoms. The van der Waals surface area contributed by atoms with E-state index in [1.165, 1.54) is 6.07 Å². The van der Waals surface area contributed by atoms with Crippen LogP contribution in [0.15, 0.2) is 36.4 Å². The van der Waals surface area contributed by atoms with Gasteiger partial charge >= 0.3 is 5.97 Å². The van der Waals surface area contributed by atoms with E-state index >= 15 is 4.39 Å². The summed E-state index contributed by atoms with van der Waals surface area (Å²) in [5, 5.41) is 3.14. The molecule has 1 aromatic heterocycles. The van der Waals surface area contributed by atoms with Gasteiger partial charge in [0, 0.05) is 17.6 Å². The molecule has 0 bridgehead atoms. The first-order chi connectivity index (χ1) is 15.5. The number of nitrogens with one attached hydrogen (secondary N) is 2. The summed E-state index contributed by atoms with van der Waals surface area (Å²) in [5.41, 5.74) is 1.31. The van der Waals surface area contributed by atoms with Crippen molar-refractivity contribution in [2.75, 3.05) is 25.1 Å². The molecule has 0 saturated carbocycles. The van der Waals surface area contributed by atoms with Crippen molar-refractivity contribution < 1.29 is 28.2 Å². The van der Waals surface area contributed by atoms with Crippen molar-refractivity contribution in [2.24, 2.45) is 0 Å². The fourth-order valence-electron chi connectivity index (χ4n) is 3.73. The summed E-state index contributed by atoms with van der Waals surface area (Å²) in [5.74, 6) is -1.01. The lowest BCUT2D eigenvalue weighted by Crippen LogP contribution is -2.16. The van der Waals surface area contributed by atoms with Crippen molar-refractivity contribution in [1.29, 1.82) is 0 Å². The highest BCUT2D eigenvalue weighted by Gasteiger charge is 2.20. The molecule has 2 aromatic carbocycles. The van der Waals surface area contributed by atoms with Gasteiger partial charge in [0.1, 0.15) is 18.1 Å². The van der Waals surface area contributed by atoms with Crippen LogP contribution in [0.2, 0.25) is 0 Å². The molecular weight excluding hydrogens is 415 g/mol. The topological polar surface area (TPSA) is 89.7 Å². The Morgan fingerprint density at radius 2 is 2.00 bits per heavy atom. The number of hydrogen-bond acceptors (Lipinski definition) is 5. The molecule has 168 valence electrons. The van der Waals surface area contributed by atoms with E-state index in [9.17, 15) is 9.59 Å². The number of hydrogen-bond donors (Lipinski definition) is 2. The van der Waals surface area contributed by atoms with E-state index in [2.05, 4.69) is 10.3 Å². The van der Waals surface area contributed by atoms with Crippen molar-refractivity contribution >= 4 is 28.5 Å². The van der Waals surface area contributed by atoms with Gasteiger partial charge in [0.05, 0.1) is 23.9 Å². The minimum atomic E-state index is -0.647. The van der Waals surface area contributed by atoms with Gasteiger partial charge in [-0.25, -0.2) is 9.18 Å². The zero-order valence-electron chi connectivity index (χ0n) is 18.0. The Bertz CT molecular complexity index is 1130. The highest BCUT2D eigenvalue weighted by molar-refractivity contribution is 6.06. The van der Waals surface area contributed by atoms with Gasteiger partial charge < -0.3 is 24.5 Å². The van der Waals surface area contributed by atoms with Crippen LogP contribution in [0.3, 0.4) is 0 Å². The summed E-state index contributed by atoms with van der Waals surface area (Å²) in [4.78, 5) is 27.5. The third kappa shape index (κ3) is 4.45. The second-order valence-electron chi connectivity index (χ2n) is 7.62. The lowest BCUT2D eigenvalue weighted by Gasteiger charge is -2.12. The smallest absolute Gasteiger partial charge is 0.355 e. The van der Waals surface area contributed by atoms with Gasteiger partial charge in [-0.05, 0) is 62.6 Å². The average Bonchev–Trinajstić information content (AvgIpc) is 3.43. The number of amides is 1. The molecule has 1 aliphatic rings. The number of ether oxygens (including phenoxy) is 3. The number of aromatic nitrogens is 1. The Morgan fingerprint density at radius 1 is 1.22 bits per heavy atom. The highest BCUT2D eigenvalue weighted by Crippen LogP contribution is 2.29. The van der Waals surface area contributed by atoms with Crippen LogP contribution in [0.5, 0.6) is 5.75 Å². The monoisotopic (exact) mass is 440 g/mol. The molecule has 2 N–H and O–H groups in total. The number of H-pyrrole nitrogens is 1. The molecule has 7 nitrogen and oxygen atoms in total. The number of esters is 1. The van der Waals surface area contributed by atoms with Crippen molar-refractivity contribution in [3.05, 3.63) is 59.0 Å². The summed E-state index contributed by atoms with van der Waals surface area (Å²) < 4.78 is 31.3. The molecule has 1 atom stereocenters. The molecule has 1 saturated heterocycles. The number of carbonyl (C=O) groups excluding carboxylic acids is 2. The highest BCUT2D eigenvalue weighted by atomic mass is 19.1. The van der Waals surface area contributed by atoms with E-state index < -0.39 is 17.7 Å². The molecule has 32 heavy (non-hydrogen) atoms. The molecule has 0 radical (unpaired) electrons. The van der Waals surface area contributed by atoms with Crippen LogP contribution < -0.4 is 10.1 Å². The van der Waals surface area contributed by atoms with E-state index in [0.29, 0.717) is 28.9 Å². The van der Waals surface area contributed by atoms with E-state index in [-0.39, 0.29) is 29.6 Å². The van der Waals surface area contributed by atoms with E-state index in [1.54, 1.807) is 44.2 Å². The second kappa shape index (κ2) is 9.40. The number of benzene rings is 2. The lowest BCUT2D eigenvalue weighted by atomic mass is 10.1. The van der Waals surface area contributed by atoms with Crippen LogP contribution in [0.4, 0.5) is 10.1 Å². The van der Waals surface area contributed by atoms with E-state index in [0.717, 1.165) is 19.4 Å². The fraction of sp³-hybridized carbons (Fsp3) is 0.333. The van der Waals surface area contributed by atoms with Gasteiger partial charge in [-0.15, -0.1) is 0 Å². The van der Waals surface area contributed by atoms with Gasteiger partial charge in [-0.3, -0.25) is 4.79 Å². The second-order valence-corrected chi connectivity index (χ2v) is 7.62. The molecule has 0 spiro atoms. The van der Waals surface area contributed by atoms with Gasteiger partial charge in [0.15, 0.2) is 5.82 Å². The number of rotatable bonds is 7. The number of halogens is 1. The quantitative estimate of drug-likeness (QED) is 0.524. The largest absolute Gasteiger partial charge is 0.491 e. The molecule has 4 rings (SSSR count). The van der Waals surface area contributed by atoms with Crippen LogP contribution in [0.25, 0.3) is 10.9 Å². The SMILES string of the molecule is CCOC(=O)c1[nH]c2c(F)c(NC(=O)c3ccc(OC[C@@H]4CCCO4)cc3)ccc2c1C. The van der Waals surface area contributed by atoms with Gasteiger partial charge in [0.25, 0.3) is 5.91 Å². The maximum absolute atomic E-state index is 15.1. The van der Waals surface area contributed by atoms with Crippen molar-refractivity contribution in [1.82, 2.24) is 4.98 Å². The maximum atomic E-state index is 15.1. The Hall–Kier alpha value is -3.39. The summed E-state index contributed by atoms with van der Waals surface area (Å²) in [6.45, 7) is 4.87. The Balaban J connectivity index is 1.47. The normalized spacial score (nSPS) is 15.7. The molecule has 3 aromatic rings. The summed E-state index contributed by atoms with van der Waals surface area (Å²) in [6.07, 6.45) is 2.14. The predicted octanol–water partition coefficient (Wildman–Crippen LogP) is 4.60. The first-order valence-electron chi connectivity index (χ1n) is 10.6. The third-order valence-electron chi connectivity index (χ3n) is 5.48. The molecule has 0 aliphatic carbocycles. The van der Waals surface area contributed by atoms with Gasteiger partial charge in [0.2, 0.25) is 0 Å². The summed E-state index contributed by atoms with van der Waals surface area (Å²) in [6, 6.07) is 9.77. The minimum absolute atomic E-state index is 0.0119. The number of aryl methyl sites for hydroxylation is 1. The number of carbonyl (C=O) groups is 2. The summed E-state index contributed by atoms with van der Waals surface area (Å²) >= 11 is 0. The van der Waals surface area contributed by atoms with Gasteiger partial charge in [-0.1, -0.05) is 6.07 Å². The zero-order valence-corrected chi connectivity index (χ0v) is 18.0. The van der Waals surface area contributed by atoms with E-state index in [1.807, 2.05) is 0 Å². The van der Waals surface area contributed by atoms with Crippen molar-refractivity contribution in [2.45, 2.75) is 32.8 Å². The minimum Gasteiger partial charge on any atom is -0.491 e. The average molecular weight is 440 g/mol. The van der Waals surface area contributed by atoms with Crippen LogP contribution in [-0.4, -0.2) is 42.8 Å². The fourth-order valence-corrected chi connectivity index (χ4v) is 3.73. The molecule has 2 heterocycles. The van der Waals surface area contributed by atoms with Crippen LogP contribution in [-0.2, 0) is 9.47 Å². The Labute approximate surface area is 184 Å². The number of aromatic amines is 1. The van der Waals surface area contributed by atoms with Crippen LogP contribution >= 0.6 is 0 Å². The zero-order chi connectivity index (χ0) is 22.7. The van der Waals surface area contributed by atoms with E-state index in [4.69, 9.17) is 14.2 Å². The first-order valence-corrected chi connectivity index (χ1v) is 10.6. The standard InChI is InChI=1S/C24H25FN2O5/c1-3-30-24(29)21-14(2)18-10-11-19(20(25)22(18)27-21)26-23(28)15-6-8-16(9-7-15)32-13-17-5-4-12-31-17/h6-11,17,27H,3-5,12-13H2,1-2H3,(H,26,28)/t17-/m0/s1. The van der Waals surface area contributed by atoms with Crippen LogP contribution in [0.1, 0.15) is 46.2 Å². The number of fused-ring (bicyclic) bond motifs is 1. The molecule has 1 aliphatic heterocycles. The molecular formula is C24H25FN2O5. The maximum Gasteiger partial charge on any atom is 0.355 e. The Morgan fingerprint density at radius 3 is 2.69 bits per heavy atom. The molecule has 1 fully saturated rings. The summed E-state index contributed by atoms with van der Waals surface area (Å²) in [7, 11) is 0. The third-order valence-corrected chi connectivity index (χ3v) is 5.48. The van der Waals surface area contributed by atoms with Crippen molar-refractivity contribution in [3.8, 4) is 5.75 Å². The Kier molecular flexibility index (Phi) is 6.41.